The molecule has 0 aromatic rings. The standard InChI is InChI=1S/C17H38Cl2N2O3/c1-5-7-21(4,15-17(23)13-19)9-11-24-10-8-20(3,6-2)14-16(22)12-18/h16-17,22-23H,5-15H2,1-4H3/q+2. The average Bonchev–Trinajstić information content (AvgIpc) is 2.54. The van der Waals surface area contributed by atoms with Gasteiger partial charge in [-0.1, -0.05) is 6.92 Å². The number of rotatable bonds is 15. The van der Waals surface area contributed by atoms with E-state index >= 15 is 0 Å². The summed E-state index contributed by atoms with van der Waals surface area (Å²) in [6.07, 6.45) is 0.116. The molecule has 24 heavy (non-hydrogen) atoms. The molecule has 0 heterocycles. The molecule has 0 aliphatic heterocycles. The van der Waals surface area contributed by atoms with E-state index in [0.717, 1.165) is 41.6 Å². The van der Waals surface area contributed by atoms with Crippen molar-refractivity contribution < 1.29 is 23.9 Å². The first-order valence-electron chi connectivity index (χ1n) is 8.97. The van der Waals surface area contributed by atoms with Gasteiger partial charge in [0.1, 0.15) is 38.4 Å². The van der Waals surface area contributed by atoms with Gasteiger partial charge in [-0.3, -0.25) is 0 Å². The van der Waals surface area contributed by atoms with Crippen molar-refractivity contribution in [3.05, 3.63) is 0 Å². The van der Waals surface area contributed by atoms with Gasteiger partial charge in [-0.25, -0.2) is 0 Å². The van der Waals surface area contributed by atoms with Crippen molar-refractivity contribution in [3.8, 4) is 0 Å². The molecule has 0 aliphatic carbocycles. The molecule has 5 nitrogen and oxygen atoms in total. The van der Waals surface area contributed by atoms with Gasteiger partial charge in [0.15, 0.2) is 0 Å². The van der Waals surface area contributed by atoms with E-state index in [4.69, 9.17) is 27.9 Å². The van der Waals surface area contributed by atoms with Gasteiger partial charge in [-0.05, 0) is 13.3 Å². The van der Waals surface area contributed by atoms with Crippen molar-refractivity contribution >= 4 is 23.2 Å². The van der Waals surface area contributed by atoms with Crippen LogP contribution in [-0.4, -0.2) is 110 Å². The summed E-state index contributed by atoms with van der Waals surface area (Å²) in [5.41, 5.74) is 0. The summed E-state index contributed by atoms with van der Waals surface area (Å²) >= 11 is 11.4. The van der Waals surface area contributed by atoms with Crippen LogP contribution in [0.4, 0.5) is 0 Å². The van der Waals surface area contributed by atoms with Crippen molar-refractivity contribution in [2.45, 2.75) is 32.5 Å². The Kier molecular flexibility index (Phi) is 12.9. The Balaban J connectivity index is 4.23. The van der Waals surface area contributed by atoms with Gasteiger partial charge >= 0.3 is 0 Å². The van der Waals surface area contributed by atoms with Crippen LogP contribution >= 0.6 is 23.2 Å². The van der Waals surface area contributed by atoms with Crippen LogP contribution in [0.1, 0.15) is 20.3 Å². The number of quaternary nitrogens is 2. The molecule has 0 rings (SSSR count). The third-order valence-electron chi connectivity index (χ3n) is 4.74. The number of aliphatic hydroxyl groups is 2. The first kappa shape index (κ1) is 24.4. The summed E-state index contributed by atoms with van der Waals surface area (Å²) in [5, 5.41) is 19.6. The molecule has 146 valence electrons. The highest BCUT2D eigenvalue weighted by Gasteiger charge is 2.25. The van der Waals surface area contributed by atoms with E-state index in [1.54, 1.807) is 0 Å². The van der Waals surface area contributed by atoms with E-state index in [2.05, 4.69) is 27.9 Å². The monoisotopic (exact) mass is 388 g/mol. The SMILES string of the molecule is CCC[N+](C)(CCOCC[N+](C)(CC)CC(O)CCl)CC(O)CCl. The maximum atomic E-state index is 9.84. The Bertz CT molecular complexity index is 326. The second-order valence-corrected chi connectivity index (χ2v) is 7.94. The first-order chi connectivity index (χ1) is 11.2. The van der Waals surface area contributed by atoms with E-state index in [1.165, 1.54) is 0 Å². The molecule has 0 fully saturated rings. The maximum absolute atomic E-state index is 9.84. The lowest BCUT2D eigenvalue weighted by molar-refractivity contribution is -0.915. The van der Waals surface area contributed by atoms with Crippen molar-refractivity contribution in [1.82, 2.24) is 0 Å². The number of hydrogen-bond acceptors (Lipinski definition) is 3. The fourth-order valence-corrected chi connectivity index (χ4v) is 3.20. The smallest absolute Gasteiger partial charge is 0.116 e. The number of hydrogen-bond donors (Lipinski definition) is 2. The Morgan fingerprint density at radius 3 is 1.71 bits per heavy atom. The van der Waals surface area contributed by atoms with E-state index in [0.29, 0.717) is 26.3 Å². The number of alkyl halides is 2. The molecule has 4 atom stereocenters. The van der Waals surface area contributed by atoms with Crippen molar-refractivity contribution in [1.29, 1.82) is 0 Å². The van der Waals surface area contributed by atoms with Gasteiger partial charge in [0.2, 0.25) is 0 Å². The maximum Gasteiger partial charge on any atom is 0.116 e. The Labute approximate surface area is 158 Å². The van der Waals surface area contributed by atoms with E-state index in [1.807, 2.05) is 0 Å². The summed E-state index contributed by atoms with van der Waals surface area (Å²) in [7, 11) is 4.26. The summed E-state index contributed by atoms with van der Waals surface area (Å²) in [4.78, 5) is 0. The van der Waals surface area contributed by atoms with Gasteiger partial charge in [0.25, 0.3) is 0 Å². The summed E-state index contributed by atoms with van der Waals surface area (Å²) in [5.74, 6) is 0.540. The molecule has 7 heteroatoms. The molecule has 0 spiro atoms. The molecular weight excluding hydrogens is 351 g/mol. The second kappa shape index (κ2) is 12.7. The largest absolute Gasteiger partial charge is 0.386 e. The predicted octanol–water partition coefficient (Wildman–Crippen LogP) is 1.53. The van der Waals surface area contributed by atoms with E-state index in [-0.39, 0.29) is 11.8 Å². The molecule has 4 unspecified atom stereocenters. The number of halogens is 2. The number of likely N-dealkylation sites (N-methyl/N-ethyl adjacent to an activating group) is 2. The predicted molar refractivity (Wildman–Crippen MR) is 102 cm³/mol. The quantitative estimate of drug-likeness (QED) is 0.254. The highest BCUT2D eigenvalue weighted by Crippen LogP contribution is 2.08. The molecule has 0 aliphatic rings. The highest BCUT2D eigenvalue weighted by atomic mass is 35.5. The van der Waals surface area contributed by atoms with Crippen LogP contribution < -0.4 is 0 Å². The summed E-state index contributed by atoms with van der Waals surface area (Å²) < 4.78 is 7.37. The first-order valence-corrected chi connectivity index (χ1v) is 10.0. The van der Waals surface area contributed by atoms with Crippen LogP contribution in [0.25, 0.3) is 0 Å². The van der Waals surface area contributed by atoms with Crippen molar-refractivity contribution in [2.24, 2.45) is 0 Å². The normalized spacial score (nSPS) is 19.5. The molecule has 0 aromatic heterocycles. The zero-order chi connectivity index (χ0) is 18.6. The fraction of sp³-hybridized carbons (Fsp3) is 1.00. The number of aliphatic hydroxyl groups excluding tert-OH is 2. The van der Waals surface area contributed by atoms with Crippen LogP contribution in [0.3, 0.4) is 0 Å². The van der Waals surface area contributed by atoms with Gasteiger partial charge in [-0.2, -0.15) is 0 Å². The van der Waals surface area contributed by atoms with E-state index < -0.39 is 12.2 Å². The molecule has 0 saturated carbocycles. The Hall–Kier alpha value is 0.380. The van der Waals surface area contributed by atoms with Crippen LogP contribution in [0.2, 0.25) is 0 Å². The minimum atomic E-state index is -0.474. The lowest BCUT2D eigenvalue weighted by atomic mass is 10.2. The Morgan fingerprint density at radius 1 is 0.833 bits per heavy atom. The lowest BCUT2D eigenvalue weighted by Gasteiger charge is -2.36. The van der Waals surface area contributed by atoms with Gasteiger partial charge in [0.05, 0.1) is 52.2 Å². The fourth-order valence-electron chi connectivity index (χ4n) is 3.00. The third kappa shape index (κ3) is 10.4. The molecule has 0 amide bonds. The zero-order valence-electron chi connectivity index (χ0n) is 15.9. The number of nitrogens with zero attached hydrogens (tertiary/aromatic N) is 2. The van der Waals surface area contributed by atoms with Gasteiger partial charge in [0, 0.05) is 0 Å². The average molecular weight is 389 g/mol. The van der Waals surface area contributed by atoms with Crippen LogP contribution in [0.15, 0.2) is 0 Å². The molecule has 0 aromatic carbocycles. The van der Waals surface area contributed by atoms with Gasteiger partial charge in [-0.15, -0.1) is 23.2 Å². The highest BCUT2D eigenvalue weighted by molar-refractivity contribution is 6.18. The van der Waals surface area contributed by atoms with Crippen LogP contribution in [0, 0.1) is 0 Å². The van der Waals surface area contributed by atoms with E-state index in [9.17, 15) is 10.2 Å². The second-order valence-electron chi connectivity index (χ2n) is 7.32. The minimum absolute atomic E-state index is 0.268. The zero-order valence-corrected chi connectivity index (χ0v) is 17.4. The number of ether oxygens (including phenoxy) is 1. The third-order valence-corrected chi connectivity index (χ3v) is 5.45. The van der Waals surface area contributed by atoms with Gasteiger partial charge < -0.3 is 23.9 Å². The topological polar surface area (TPSA) is 49.7 Å². The van der Waals surface area contributed by atoms with Crippen molar-refractivity contribution in [3.63, 3.8) is 0 Å². The molecular formula is C17H38Cl2N2O3+2. The van der Waals surface area contributed by atoms with Crippen molar-refractivity contribution in [2.75, 3.05) is 78.3 Å². The molecule has 0 bridgehead atoms. The molecule has 2 N–H and O–H groups in total. The molecule has 0 saturated heterocycles. The molecule has 0 radical (unpaired) electrons. The Morgan fingerprint density at radius 2 is 1.29 bits per heavy atom. The van der Waals surface area contributed by atoms with Crippen LogP contribution in [-0.2, 0) is 4.74 Å². The lowest BCUT2D eigenvalue weighted by Crippen LogP contribution is -2.52. The van der Waals surface area contributed by atoms with Crippen LogP contribution in [0.5, 0.6) is 0 Å². The minimum Gasteiger partial charge on any atom is -0.386 e. The summed E-state index contributed by atoms with van der Waals surface area (Å²) in [6, 6.07) is 0. The summed E-state index contributed by atoms with van der Waals surface area (Å²) in [6.45, 7) is 10.5.